The molecule has 8 nitrogen and oxygen atoms in total. The van der Waals surface area contributed by atoms with Crippen molar-refractivity contribution in [1.82, 2.24) is 15.5 Å². The van der Waals surface area contributed by atoms with Gasteiger partial charge in [-0.2, -0.15) is 0 Å². The van der Waals surface area contributed by atoms with Gasteiger partial charge in [-0.3, -0.25) is 14.5 Å². The number of ether oxygens (including phenoxy) is 3. The minimum absolute atomic E-state index is 0.273. The van der Waals surface area contributed by atoms with Crippen LogP contribution < -0.4 is 15.4 Å². The maximum absolute atomic E-state index is 12.9. The summed E-state index contributed by atoms with van der Waals surface area (Å²) in [4.78, 5) is 27.6. The summed E-state index contributed by atoms with van der Waals surface area (Å²) in [5, 5.41) is 5.88. The molecule has 1 fully saturated rings. The molecule has 1 aliphatic heterocycles. The topological polar surface area (TPSA) is 89.1 Å². The van der Waals surface area contributed by atoms with Crippen LogP contribution >= 0.6 is 0 Å². The third-order valence-corrected chi connectivity index (χ3v) is 4.92. The molecule has 3 rings (SSSR count). The lowest BCUT2D eigenvalue weighted by Gasteiger charge is -2.38. The summed E-state index contributed by atoms with van der Waals surface area (Å²) < 4.78 is 16.2. The minimum atomic E-state index is -0.752. The van der Waals surface area contributed by atoms with E-state index in [-0.39, 0.29) is 11.8 Å². The van der Waals surface area contributed by atoms with Gasteiger partial charge in [-0.1, -0.05) is 18.2 Å². The van der Waals surface area contributed by atoms with Crippen LogP contribution in [0.5, 0.6) is 5.75 Å². The SMILES string of the molecule is COc1ccc(C(=O)NC(C(NC(=O)c2ccccc2)OC)N2CCOCC2)cc1. The normalized spacial score (nSPS) is 16.3. The van der Waals surface area contributed by atoms with Gasteiger partial charge in [0.05, 0.1) is 20.3 Å². The van der Waals surface area contributed by atoms with E-state index >= 15 is 0 Å². The molecule has 0 bridgehead atoms. The molecule has 1 heterocycles. The lowest BCUT2D eigenvalue weighted by atomic mass is 10.2. The fraction of sp³-hybridized carbons (Fsp3) is 0.364. The Bertz CT molecular complexity index is 822. The summed E-state index contributed by atoms with van der Waals surface area (Å²) in [5.41, 5.74) is 1.00. The second-order valence-electron chi connectivity index (χ2n) is 6.79. The van der Waals surface area contributed by atoms with Crippen molar-refractivity contribution in [1.29, 1.82) is 0 Å². The number of amides is 2. The molecule has 1 saturated heterocycles. The van der Waals surface area contributed by atoms with E-state index in [9.17, 15) is 9.59 Å². The van der Waals surface area contributed by atoms with Crippen LogP contribution in [0.2, 0.25) is 0 Å². The van der Waals surface area contributed by atoms with Crippen LogP contribution in [0.3, 0.4) is 0 Å². The van der Waals surface area contributed by atoms with Gasteiger partial charge in [0.2, 0.25) is 0 Å². The van der Waals surface area contributed by atoms with Gasteiger partial charge in [0.25, 0.3) is 11.8 Å². The van der Waals surface area contributed by atoms with Gasteiger partial charge in [0, 0.05) is 31.3 Å². The van der Waals surface area contributed by atoms with E-state index in [2.05, 4.69) is 10.6 Å². The second-order valence-corrected chi connectivity index (χ2v) is 6.79. The number of hydrogen-bond donors (Lipinski definition) is 2. The zero-order valence-electron chi connectivity index (χ0n) is 17.2. The molecular weight excluding hydrogens is 386 g/mol. The molecule has 160 valence electrons. The lowest BCUT2D eigenvalue weighted by Crippen LogP contribution is -2.62. The molecule has 0 aromatic heterocycles. The summed E-state index contributed by atoms with van der Waals surface area (Å²) in [7, 11) is 3.07. The van der Waals surface area contributed by atoms with Crippen LogP contribution in [-0.4, -0.2) is 69.6 Å². The molecule has 2 aromatic rings. The van der Waals surface area contributed by atoms with E-state index in [4.69, 9.17) is 14.2 Å². The quantitative estimate of drug-likeness (QED) is 0.638. The third kappa shape index (κ3) is 5.56. The standard InChI is InChI=1S/C22H27N3O5/c1-28-18-10-8-17(9-11-18)20(26)23-19(25-12-14-30-15-13-25)22(29-2)24-21(27)16-6-4-3-5-7-16/h3-11,19,22H,12-15H2,1-2H3,(H,23,26)(H,24,27). The van der Waals surface area contributed by atoms with Crippen LogP contribution in [0.15, 0.2) is 54.6 Å². The van der Waals surface area contributed by atoms with Crippen LogP contribution in [0.1, 0.15) is 20.7 Å². The average molecular weight is 413 g/mol. The number of nitrogens with one attached hydrogen (secondary N) is 2. The van der Waals surface area contributed by atoms with Crippen molar-refractivity contribution in [2.24, 2.45) is 0 Å². The van der Waals surface area contributed by atoms with Crippen molar-refractivity contribution in [2.75, 3.05) is 40.5 Å². The number of rotatable bonds is 8. The zero-order valence-corrected chi connectivity index (χ0v) is 17.2. The first-order chi connectivity index (χ1) is 14.6. The van der Waals surface area contributed by atoms with Crippen molar-refractivity contribution in [3.05, 3.63) is 65.7 Å². The van der Waals surface area contributed by atoms with Crippen LogP contribution in [0.25, 0.3) is 0 Å². The summed E-state index contributed by atoms with van der Waals surface area (Å²) in [6.45, 7) is 2.29. The first-order valence-electron chi connectivity index (χ1n) is 9.78. The highest BCUT2D eigenvalue weighted by atomic mass is 16.5. The molecule has 1 aliphatic rings. The Kier molecular flexibility index (Phi) is 7.78. The van der Waals surface area contributed by atoms with Crippen LogP contribution in [0, 0.1) is 0 Å². The molecule has 0 aliphatic carbocycles. The fourth-order valence-corrected chi connectivity index (χ4v) is 3.24. The summed E-state index contributed by atoms with van der Waals surface area (Å²) in [6.07, 6.45) is -1.32. The Labute approximate surface area is 176 Å². The third-order valence-electron chi connectivity index (χ3n) is 4.92. The number of methoxy groups -OCH3 is 2. The average Bonchev–Trinajstić information content (AvgIpc) is 2.82. The van der Waals surface area contributed by atoms with E-state index in [0.717, 1.165) is 0 Å². The Hall–Kier alpha value is -2.94. The molecule has 2 unspecified atom stereocenters. The molecule has 0 spiro atoms. The number of benzene rings is 2. The maximum atomic E-state index is 12.9. The second kappa shape index (κ2) is 10.7. The molecule has 0 radical (unpaired) electrons. The number of nitrogens with zero attached hydrogens (tertiary/aromatic N) is 1. The van der Waals surface area contributed by atoms with Crippen molar-refractivity contribution in [3.8, 4) is 5.75 Å². The summed E-state index contributed by atoms with van der Waals surface area (Å²) in [6, 6.07) is 15.7. The van der Waals surface area contributed by atoms with Crippen molar-refractivity contribution < 1.29 is 23.8 Å². The van der Waals surface area contributed by atoms with E-state index in [1.54, 1.807) is 55.6 Å². The van der Waals surface area contributed by atoms with Gasteiger partial charge in [-0.05, 0) is 36.4 Å². The van der Waals surface area contributed by atoms with Gasteiger partial charge in [0.15, 0.2) is 6.23 Å². The van der Waals surface area contributed by atoms with Gasteiger partial charge >= 0.3 is 0 Å². The monoisotopic (exact) mass is 413 g/mol. The first-order valence-corrected chi connectivity index (χ1v) is 9.78. The number of hydrogen-bond acceptors (Lipinski definition) is 6. The maximum Gasteiger partial charge on any atom is 0.253 e. The van der Waals surface area contributed by atoms with E-state index in [1.165, 1.54) is 7.11 Å². The number of carbonyl (C=O) groups excluding carboxylic acids is 2. The van der Waals surface area contributed by atoms with Crippen molar-refractivity contribution >= 4 is 11.8 Å². The van der Waals surface area contributed by atoms with Gasteiger partial charge in [0.1, 0.15) is 11.9 Å². The summed E-state index contributed by atoms with van der Waals surface area (Å²) in [5.74, 6) is 0.116. The Balaban J connectivity index is 1.77. The van der Waals surface area contributed by atoms with E-state index in [1.807, 2.05) is 11.0 Å². The highest BCUT2D eigenvalue weighted by Crippen LogP contribution is 2.13. The molecule has 8 heteroatoms. The molecule has 0 saturated carbocycles. The highest BCUT2D eigenvalue weighted by molar-refractivity contribution is 5.95. The smallest absolute Gasteiger partial charge is 0.253 e. The summed E-state index contributed by atoms with van der Waals surface area (Å²) >= 11 is 0. The first kappa shape index (κ1) is 21.8. The predicted octanol–water partition coefficient (Wildman–Crippen LogP) is 1.49. The van der Waals surface area contributed by atoms with Gasteiger partial charge in [-0.15, -0.1) is 0 Å². The Morgan fingerprint density at radius 1 is 0.900 bits per heavy atom. The molecule has 2 N–H and O–H groups in total. The molecule has 2 amide bonds. The molecule has 2 atom stereocenters. The Morgan fingerprint density at radius 3 is 2.10 bits per heavy atom. The number of carbonyl (C=O) groups is 2. The minimum Gasteiger partial charge on any atom is -0.497 e. The zero-order chi connectivity index (χ0) is 21.3. The largest absolute Gasteiger partial charge is 0.497 e. The lowest BCUT2D eigenvalue weighted by molar-refractivity contribution is -0.0525. The van der Waals surface area contributed by atoms with Crippen molar-refractivity contribution in [3.63, 3.8) is 0 Å². The Morgan fingerprint density at radius 2 is 1.50 bits per heavy atom. The van der Waals surface area contributed by atoms with Crippen LogP contribution in [-0.2, 0) is 9.47 Å². The molecule has 30 heavy (non-hydrogen) atoms. The number of morpholine rings is 1. The van der Waals surface area contributed by atoms with E-state index < -0.39 is 12.4 Å². The van der Waals surface area contributed by atoms with E-state index in [0.29, 0.717) is 43.2 Å². The van der Waals surface area contributed by atoms with Crippen molar-refractivity contribution in [2.45, 2.75) is 12.4 Å². The van der Waals surface area contributed by atoms with Gasteiger partial charge < -0.3 is 24.8 Å². The molecular formula is C22H27N3O5. The predicted molar refractivity (Wildman–Crippen MR) is 111 cm³/mol. The van der Waals surface area contributed by atoms with Crippen LogP contribution in [0.4, 0.5) is 0 Å². The molecule has 2 aromatic carbocycles. The fourth-order valence-electron chi connectivity index (χ4n) is 3.24. The van der Waals surface area contributed by atoms with Gasteiger partial charge in [-0.25, -0.2) is 0 Å². The highest BCUT2D eigenvalue weighted by Gasteiger charge is 2.32.